The maximum atomic E-state index is 12.7. The molecule has 32 heavy (non-hydrogen) atoms. The van der Waals surface area contributed by atoms with Gasteiger partial charge < -0.3 is 19.7 Å². The number of nitrogens with zero attached hydrogens (tertiary/aromatic N) is 1. The van der Waals surface area contributed by atoms with E-state index in [-0.39, 0.29) is 16.9 Å². The Kier molecular flexibility index (Phi) is 9.01. The van der Waals surface area contributed by atoms with Gasteiger partial charge in [-0.3, -0.25) is 14.9 Å². The Morgan fingerprint density at radius 3 is 2.53 bits per heavy atom. The van der Waals surface area contributed by atoms with Crippen LogP contribution in [0, 0.1) is 0 Å². The van der Waals surface area contributed by atoms with Crippen LogP contribution in [0.25, 0.3) is 0 Å². The van der Waals surface area contributed by atoms with Crippen LogP contribution in [-0.2, 0) is 4.74 Å². The first-order valence-corrected chi connectivity index (χ1v) is 11.3. The minimum absolute atomic E-state index is 0.0180. The van der Waals surface area contributed by atoms with E-state index in [1.165, 1.54) is 6.42 Å². The zero-order valence-electron chi connectivity index (χ0n) is 18.3. The van der Waals surface area contributed by atoms with Crippen molar-refractivity contribution < 1.29 is 19.1 Å². The highest BCUT2D eigenvalue weighted by Crippen LogP contribution is 2.17. The molecule has 1 aliphatic heterocycles. The van der Waals surface area contributed by atoms with Crippen molar-refractivity contribution in [2.24, 2.45) is 0 Å². The minimum atomic E-state index is -0.349. The molecule has 0 atom stereocenters. The highest BCUT2D eigenvalue weighted by Gasteiger charge is 2.18. The number of ether oxygens (including phenoxy) is 2. The zero-order chi connectivity index (χ0) is 22.8. The van der Waals surface area contributed by atoms with E-state index < -0.39 is 0 Å². The second-order valence-corrected chi connectivity index (χ2v) is 7.82. The molecule has 2 amide bonds. The van der Waals surface area contributed by atoms with Crippen molar-refractivity contribution in [3.8, 4) is 5.75 Å². The van der Waals surface area contributed by atoms with Gasteiger partial charge in [0.2, 0.25) is 0 Å². The van der Waals surface area contributed by atoms with Crippen LogP contribution in [-0.4, -0.2) is 54.7 Å². The van der Waals surface area contributed by atoms with E-state index in [4.69, 9.17) is 21.7 Å². The van der Waals surface area contributed by atoms with Gasteiger partial charge in [-0.1, -0.05) is 12.1 Å². The molecule has 0 radical (unpaired) electrons. The summed E-state index contributed by atoms with van der Waals surface area (Å²) in [6.45, 7) is 5.03. The zero-order valence-corrected chi connectivity index (χ0v) is 19.1. The lowest BCUT2D eigenvalue weighted by molar-refractivity contribution is 0.0724. The molecule has 170 valence electrons. The molecule has 8 heteroatoms. The molecule has 3 rings (SSSR count). The third-order valence-corrected chi connectivity index (χ3v) is 5.24. The van der Waals surface area contributed by atoms with Gasteiger partial charge >= 0.3 is 0 Å². The molecule has 2 aromatic carbocycles. The maximum Gasteiger partial charge on any atom is 0.257 e. The van der Waals surface area contributed by atoms with E-state index in [1.807, 2.05) is 11.8 Å². The van der Waals surface area contributed by atoms with Crippen molar-refractivity contribution in [3.05, 3.63) is 59.7 Å². The van der Waals surface area contributed by atoms with Crippen molar-refractivity contribution in [2.75, 3.05) is 38.2 Å². The third kappa shape index (κ3) is 7.03. The summed E-state index contributed by atoms with van der Waals surface area (Å²) in [5, 5.41) is 5.80. The quantitative estimate of drug-likeness (QED) is 0.465. The normalized spacial score (nSPS) is 13.3. The molecule has 0 aromatic heterocycles. The first-order chi connectivity index (χ1) is 15.6. The maximum absolute atomic E-state index is 12.7. The number of thiocarbonyl (C=S) groups is 1. The summed E-state index contributed by atoms with van der Waals surface area (Å²) in [4.78, 5) is 27.2. The Labute approximate surface area is 194 Å². The number of hydrogen-bond donors (Lipinski definition) is 2. The first-order valence-electron chi connectivity index (χ1n) is 10.9. The standard InChI is InChI=1S/C24H29N3O4S/c1-2-30-14-15-31-21-11-7-8-18(17-21)22(28)26-24(32)25-20-10-6-9-19(16-20)23(29)27-12-4-3-5-13-27/h6-11,16-17H,2-5,12-15H2,1H3,(H2,25,26,28,32). The summed E-state index contributed by atoms with van der Waals surface area (Å²) >= 11 is 5.29. The summed E-state index contributed by atoms with van der Waals surface area (Å²) in [6.07, 6.45) is 3.25. The average Bonchev–Trinajstić information content (AvgIpc) is 2.82. The number of carbonyl (C=O) groups is 2. The highest BCUT2D eigenvalue weighted by molar-refractivity contribution is 7.80. The predicted molar refractivity (Wildman–Crippen MR) is 128 cm³/mol. The van der Waals surface area contributed by atoms with Crippen LogP contribution in [0.2, 0.25) is 0 Å². The number of rotatable bonds is 8. The number of likely N-dealkylation sites (tertiary alicyclic amines) is 1. The van der Waals surface area contributed by atoms with Crippen molar-refractivity contribution in [1.29, 1.82) is 0 Å². The number of amides is 2. The molecule has 1 aliphatic rings. The molecule has 1 saturated heterocycles. The Morgan fingerprint density at radius 2 is 1.75 bits per heavy atom. The Balaban J connectivity index is 1.55. The summed E-state index contributed by atoms with van der Waals surface area (Å²) in [6, 6.07) is 14.0. The van der Waals surface area contributed by atoms with Crippen LogP contribution in [0.5, 0.6) is 5.75 Å². The van der Waals surface area contributed by atoms with Gasteiger partial charge in [0.05, 0.1) is 6.61 Å². The number of benzene rings is 2. The van der Waals surface area contributed by atoms with E-state index in [2.05, 4.69) is 10.6 Å². The molecule has 7 nitrogen and oxygen atoms in total. The van der Waals surface area contributed by atoms with E-state index in [0.717, 1.165) is 25.9 Å². The monoisotopic (exact) mass is 455 g/mol. The number of carbonyl (C=O) groups excluding carboxylic acids is 2. The molecule has 2 N–H and O–H groups in total. The second-order valence-electron chi connectivity index (χ2n) is 7.42. The van der Waals surface area contributed by atoms with E-state index in [9.17, 15) is 9.59 Å². The molecular weight excluding hydrogens is 426 g/mol. The SMILES string of the molecule is CCOCCOc1cccc(C(=O)NC(=S)Nc2cccc(C(=O)N3CCCCC3)c2)c1. The van der Waals surface area contributed by atoms with Crippen LogP contribution in [0.1, 0.15) is 46.9 Å². The lowest BCUT2D eigenvalue weighted by Crippen LogP contribution is -2.36. The fourth-order valence-electron chi connectivity index (χ4n) is 3.44. The van der Waals surface area contributed by atoms with E-state index in [0.29, 0.717) is 42.4 Å². The number of hydrogen-bond acceptors (Lipinski definition) is 5. The van der Waals surface area contributed by atoms with Gasteiger partial charge in [0.15, 0.2) is 5.11 Å². The summed E-state index contributed by atoms with van der Waals surface area (Å²) in [5.74, 6) is 0.253. The number of piperidine rings is 1. The van der Waals surface area contributed by atoms with Gasteiger partial charge in [-0.05, 0) is 74.8 Å². The third-order valence-electron chi connectivity index (χ3n) is 5.03. The van der Waals surface area contributed by atoms with Gasteiger partial charge in [-0.25, -0.2) is 0 Å². The summed E-state index contributed by atoms with van der Waals surface area (Å²) in [7, 11) is 0. The predicted octanol–water partition coefficient (Wildman–Crippen LogP) is 3.85. The fourth-order valence-corrected chi connectivity index (χ4v) is 3.65. The Morgan fingerprint density at radius 1 is 1.00 bits per heavy atom. The molecule has 0 saturated carbocycles. The molecule has 1 heterocycles. The van der Waals surface area contributed by atoms with Crippen LogP contribution < -0.4 is 15.4 Å². The Hall–Kier alpha value is -2.97. The van der Waals surface area contributed by atoms with Crippen molar-refractivity contribution >= 4 is 34.8 Å². The van der Waals surface area contributed by atoms with Crippen molar-refractivity contribution in [3.63, 3.8) is 0 Å². The molecule has 0 aliphatic carbocycles. The summed E-state index contributed by atoms with van der Waals surface area (Å²) < 4.78 is 10.8. The first kappa shape index (κ1) is 23.7. The number of anilines is 1. The smallest absolute Gasteiger partial charge is 0.257 e. The minimum Gasteiger partial charge on any atom is -0.491 e. The molecular formula is C24H29N3O4S. The highest BCUT2D eigenvalue weighted by atomic mass is 32.1. The molecule has 0 spiro atoms. The molecule has 2 aromatic rings. The van der Waals surface area contributed by atoms with Crippen LogP contribution >= 0.6 is 12.2 Å². The van der Waals surface area contributed by atoms with Crippen molar-refractivity contribution in [2.45, 2.75) is 26.2 Å². The van der Waals surface area contributed by atoms with E-state index >= 15 is 0 Å². The number of nitrogens with one attached hydrogen (secondary N) is 2. The van der Waals surface area contributed by atoms with E-state index in [1.54, 1.807) is 48.5 Å². The van der Waals surface area contributed by atoms with Gasteiger partial charge in [-0.2, -0.15) is 0 Å². The van der Waals surface area contributed by atoms with Gasteiger partial charge in [0, 0.05) is 36.5 Å². The van der Waals surface area contributed by atoms with Gasteiger partial charge in [-0.15, -0.1) is 0 Å². The largest absolute Gasteiger partial charge is 0.491 e. The second kappa shape index (κ2) is 12.2. The summed E-state index contributed by atoms with van der Waals surface area (Å²) in [5.41, 5.74) is 1.67. The lowest BCUT2D eigenvalue weighted by atomic mass is 10.1. The molecule has 0 bridgehead atoms. The van der Waals surface area contributed by atoms with Gasteiger partial charge in [0.1, 0.15) is 12.4 Å². The van der Waals surface area contributed by atoms with Crippen LogP contribution in [0.4, 0.5) is 5.69 Å². The lowest BCUT2D eigenvalue weighted by Gasteiger charge is -2.26. The van der Waals surface area contributed by atoms with Crippen LogP contribution in [0.15, 0.2) is 48.5 Å². The molecule has 0 unspecified atom stereocenters. The molecule has 1 fully saturated rings. The van der Waals surface area contributed by atoms with Gasteiger partial charge in [0.25, 0.3) is 11.8 Å². The topological polar surface area (TPSA) is 79.9 Å². The van der Waals surface area contributed by atoms with Crippen LogP contribution in [0.3, 0.4) is 0 Å². The van der Waals surface area contributed by atoms with Crippen molar-refractivity contribution in [1.82, 2.24) is 10.2 Å². The fraction of sp³-hybridized carbons (Fsp3) is 0.375. The average molecular weight is 456 g/mol. The Bertz CT molecular complexity index is 944.